The van der Waals surface area contributed by atoms with Gasteiger partial charge in [-0.25, -0.2) is 4.84 Å². The van der Waals surface area contributed by atoms with Crippen LogP contribution < -0.4 is 11.1 Å². The highest BCUT2D eigenvalue weighted by Gasteiger charge is 2.32. The molecule has 0 spiro atoms. The highest BCUT2D eigenvalue weighted by atomic mass is 16.7. The molecule has 0 unspecified atom stereocenters. The van der Waals surface area contributed by atoms with Crippen LogP contribution in [0.5, 0.6) is 0 Å². The van der Waals surface area contributed by atoms with E-state index in [1.165, 1.54) is 51.0 Å². The van der Waals surface area contributed by atoms with Gasteiger partial charge in [0.25, 0.3) is 4.92 Å². The second kappa shape index (κ2) is 15.8. The van der Waals surface area contributed by atoms with Gasteiger partial charge in [0.05, 0.1) is 11.0 Å². The number of ether oxygens (including phenoxy) is 2. The maximum Gasteiger partial charge on any atom is 0.321 e. The van der Waals surface area contributed by atoms with E-state index in [1.807, 2.05) is 6.07 Å². The molecule has 1 heterocycles. The summed E-state index contributed by atoms with van der Waals surface area (Å²) in [4.78, 5) is 20.0. The number of methoxy groups -OCH3 is 1. The second-order valence-electron chi connectivity index (χ2n) is 10.2. The summed E-state index contributed by atoms with van der Waals surface area (Å²) >= 11 is 0. The molecule has 1 aliphatic carbocycles. The predicted molar refractivity (Wildman–Crippen MR) is 142 cm³/mol. The molecule has 3 rings (SSSR count). The monoisotopic (exact) mass is 503 g/mol. The zero-order valence-electron chi connectivity index (χ0n) is 22.3. The van der Waals surface area contributed by atoms with E-state index in [-0.39, 0.29) is 12.1 Å². The molecule has 0 radical (unpaired) electrons. The van der Waals surface area contributed by atoms with Gasteiger partial charge in [-0.05, 0) is 37.2 Å². The molecule has 0 aromatic heterocycles. The molecule has 3 N–H and O–H groups in total. The Hall–Kier alpha value is -2.16. The van der Waals surface area contributed by atoms with E-state index in [9.17, 15) is 4.91 Å². The van der Waals surface area contributed by atoms with Crippen LogP contribution in [0.3, 0.4) is 0 Å². The molecule has 8 heteroatoms. The number of nitrogens with two attached hydrogens (primary N) is 1. The van der Waals surface area contributed by atoms with Gasteiger partial charge in [0, 0.05) is 51.9 Å². The molecule has 3 atom stereocenters. The van der Waals surface area contributed by atoms with Gasteiger partial charge in [0.2, 0.25) is 0 Å². The van der Waals surface area contributed by atoms with Crippen LogP contribution in [0, 0.1) is 16.7 Å². The Labute approximate surface area is 217 Å². The number of hydrogen-bond donors (Lipinski definition) is 2. The zero-order valence-corrected chi connectivity index (χ0v) is 22.3. The first-order valence-corrected chi connectivity index (χ1v) is 13.7. The maximum absolute atomic E-state index is 12.2. The lowest BCUT2D eigenvalue weighted by atomic mass is 9.85. The summed E-state index contributed by atoms with van der Waals surface area (Å²) in [6.07, 6.45) is 12.0. The third kappa shape index (κ3) is 9.05. The molecular weight excluding hydrogens is 456 g/mol. The molecule has 1 aromatic rings. The van der Waals surface area contributed by atoms with Gasteiger partial charge in [-0.3, -0.25) is 0 Å². The minimum absolute atomic E-state index is 0.00886. The Balaban J connectivity index is 1.73. The zero-order chi connectivity index (χ0) is 25.6. The first-order valence-electron chi connectivity index (χ1n) is 13.7. The third-order valence-electron chi connectivity index (χ3n) is 7.53. The fraction of sp³-hybridized carbons (Fsp3) is 0.714. The number of hydrogen-bond acceptors (Lipinski definition) is 7. The minimum atomic E-state index is -0.00886. The van der Waals surface area contributed by atoms with Crippen molar-refractivity contribution < 1.29 is 19.2 Å². The number of likely N-dealkylation sites (tertiary alicyclic amines) is 1. The number of nitrogens with one attached hydrogen (secondary N) is 1. The van der Waals surface area contributed by atoms with Crippen LogP contribution in [0.2, 0.25) is 0 Å². The van der Waals surface area contributed by atoms with Gasteiger partial charge in [-0.2, -0.15) is 0 Å². The SMILES string of the molecule is COCCCO[C@@H](c1ccccc1)[C@@H]1CCCN(C(=C[N+](=O)OC)N[C@H](CN)CC2CCCCC2)C1. The van der Waals surface area contributed by atoms with Crippen LogP contribution in [0.4, 0.5) is 0 Å². The smallest absolute Gasteiger partial charge is 0.321 e. The topological polar surface area (TPSA) is 89.1 Å². The van der Waals surface area contributed by atoms with E-state index >= 15 is 0 Å². The van der Waals surface area contributed by atoms with Crippen molar-refractivity contribution in [3.05, 3.63) is 52.8 Å². The molecule has 1 aromatic carbocycles. The third-order valence-corrected chi connectivity index (χ3v) is 7.53. The van der Waals surface area contributed by atoms with Gasteiger partial charge in [0.15, 0.2) is 12.9 Å². The van der Waals surface area contributed by atoms with Crippen molar-refractivity contribution in [2.45, 2.75) is 69.9 Å². The fourth-order valence-corrected chi connectivity index (χ4v) is 5.65. The molecular formula is C28H47N4O4+. The second-order valence-corrected chi connectivity index (χ2v) is 10.2. The molecule has 0 bridgehead atoms. The molecule has 202 valence electrons. The van der Waals surface area contributed by atoms with Gasteiger partial charge in [-0.15, -0.1) is 0 Å². The van der Waals surface area contributed by atoms with E-state index in [4.69, 9.17) is 20.0 Å². The Bertz CT molecular complexity index is 785. The number of nitrogens with zero attached hydrogens (tertiary/aromatic N) is 2. The van der Waals surface area contributed by atoms with Crippen LogP contribution in [0.25, 0.3) is 0 Å². The quantitative estimate of drug-likeness (QED) is 0.269. The van der Waals surface area contributed by atoms with Gasteiger partial charge in [-0.1, -0.05) is 62.4 Å². The van der Waals surface area contributed by atoms with Crippen LogP contribution >= 0.6 is 0 Å². The average Bonchev–Trinajstić information content (AvgIpc) is 2.93. The Kier molecular flexibility index (Phi) is 12.5. The number of rotatable bonds is 15. The van der Waals surface area contributed by atoms with E-state index in [0.717, 1.165) is 44.6 Å². The van der Waals surface area contributed by atoms with Crippen LogP contribution in [-0.4, -0.2) is 62.9 Å². The Morgan fingerprint density at radius 3 is 2.61 bits per heavy atom. The van der Waals surface area contributed by atoms with Gasteiger partial charge >= 0.3 is 6.20 Å². The number of piperidine rings is 1. The number of benzene rings is 1. The molecule has 8 nitrogen and oxygen atoms in total. The summed E-state index contributed by atoms with van der Waals surface area (Å²) in [7, 11) is 3.11. The van der Waals surface area contributed by atoms with Crippen molar-refractivity contribution in [3.8, 4) is 0 Å². The summed E-state index contributed by atoms with van der Waals surface area (Å²) in [5.74, 6) is 1.78. The van der Waals surface area contributed by atoms with Gasteiger partial charge < -0.3 is 25.4 Å². The van der Waals surface area contributed by atoms with E-state index in [2.05, 4.69) is 34.5 Å². The molecule has 2 aliphatic rings. The molecule has 0 amide bonds. The molecule has 1 aliphatic heterocycles. The Morgan fingerprint density at radius 1 is 1.14 bits per heavy atom. The maximum atomic E-state index is 12.2. The molecule has 36 heavy (non-hydrogen) atoms. The summed E-state index contributed by atoms with van der Waals surface area (Å²) < 4.78 is 11.7. The predicted octanol–water partition coefficient (Wildman–Crippen LogP) is 4.52. The molecule has 1 saturated heterocycles. The van der Waals surface area contributed by atoms with E-state index in [0.29, 0.717) is 36.5 Å². The lowest BCUT2D eigenvalue weighted by molar-refractivity contribution is -0.749. The van der Waals surface area contributed by atoms with Gasteiger partial charge in [0.1, 0.15) is 0 Å². The highest BCUT2D eigenvalue weighted by Crippen LogP contribution is 2.34. The van der Waals surface area contributed by atoms with E-state index < -0.39 is 0 Å². The first-order chi connectivity index (χ1) is 17.6. The summed E-state index contributed by atoms with van der Waals surface area (Å²) in [6, 6.07) is 10.6. The molecule has 1 saturated carbocycles. The minimum Gasteiger partial charge on any atom is -0.385 e. The van der Waals surface area contributed by atoms with Crippen LogP contribution in [0.1, 0.15) is 69.5 Å². The largest absolute Gasteiger partial charge is 0.385 e. The highest BCUT2D eigenvalue weighted by molar-refractivity contribution is 5.19. The van der Waals surface area contributed by atoms with Crippen molar-refractivity contribution in [1.29, 1.82) is 0 Å². The lowest BCUT2D eigenvalue weighted by Gasteiger charge is -2.39. The van der Waals surface area contributed by atoms with Crippen molar-refractivity contribution in [2.24, 2.45) is 17.6 Å². The van der Waals surface area contributed by atoms with Crippen LogP contribution in [-0.2, 0) is 14.3 Å². The van der Waals surface area contributed by atoms with Crippen molar-refractivity contribution in [2.75, 3.05) is 47.1 Å². The fourth-order valence-electron chi connectivity index (χ4n) is 5.65. The van der Waals surface area contributed by atoms with Crippen molar-refractivity contribution in [3.63, 3.8) is 0 Å². The first kappa shape index (κ1) is 28.4. The normalized spacial score (nSPS) is 21.1. The van der Waals surface area contributed by atoms with E-state index in [1.54, 1.807) is 7.11 Å². The molecule has 2 fully saturated rings. The summed E-state index contributed by atoms with van der Waals surface area (Å²) in [5, 5.41) is 3.63. The summed E-state index contributed by atoms with van der Waals surface area (Å²) in [5.41, 5.74) is 7.39. The Morgan fingerprint density at radius 2 is 1.92 bits per heavy atom. The van der Waals surface area contributed by atoms with Crippen molar-refractivity contribution in [1.82, 2.24) is 10.2 Å². The van der Waals surface area contributed by atoms with Crippen LogP contribution in [0.15, 0.2) is 42.4 Å². The summed E-state index contributed by atoms with van der Waals surface area (Å²) in [6.45, 7) is 3.54. The average molecular weight is 504 g/mol. The lowest BCUT2D eigenvalue weighted by Crippen LogP contribution is -2.47. The standard InChI is InChI=1S/C28H47N4O4/c1-34-17-10-18-36-28(24-13-7-4-8-14-24)25-15-9-16-31(21-25)27(22-32(33)35-2)30-26(20-29)19-23-11-5-3-6-12-23/h4,7-8,13-14,22-23,25-26,28,30H,3,5-6,9-12,15-21,29H2,1-2H3/q+1/t25-,26+,28+/m1/s1. The van der Waals surface area contributed by atoms with Crippen molar-refractivity contribution >= 4 is 0 Å².